The van der Waals surface area contributed by atoms with Crippen molar-refractivity contribution in [2.24, 2.45) is 0 Å². The SMILES string of the molecule is CCCOc1c(CCC)cc(Br)cc1[N+](=O)[O-]. The van der Waals surface area contributed by atoms with Crippen LogP contribution in [-0.2, 0) is 6.42 Å². The Kier molecular flexibility index (Phi) is 5.41. The highest BCUT2D eigenvalue weighted by atomic mass is 79.9. The standard InChI is InChI=1S/C12H16BrNO3/c1-3-5-9-7-10(13)8-11(14(15)16)12(9)17-6-4-2/h7-8H,3-6H2,1-2H3. The van der Waals surface area contributed by atoms with Gasteiger partial charge >= 0.3 is 5.69 Å². The Bertz CT molecular complexity index is 407. The van der Waals surface area contributed by atoms with Crippen LogP contribution in [0.4, 0.5) is 5.69 Å². The zero-order valence-electron chi connectivity index (χ0n) is 10.0. The van der Waals surface area contributed by atoms with E-state index in [4.69, 9.17) is 4.74 Å². The van der Waals surface area contributed by atoms with Gasteiger partial charge in [0.25, 0.3) is 0 Å². The summed E-state index contributed by atoms with van der Waals surface area (Å²) in [6.45, 7) is 4.51. The Labute approximate surface area is 109 Å². The van der Waals surface area contributed by atoms with Gasteiger partial charge in [-0.25, -0.2) is 0 Å². The molecule has 94 valence electrons. The second kappa shape index (κ2) is 6.59. The normalized spacial score (nSPS) is 10.3. The minimum Gasteiger partial charge on any atom is -0.487 e. The molecule has 0 atom stereocenters. The lowest BCUT2D eigenvalue weighted by atomic mass is 10.1. The number of hydrogen-bond acceptors (Lipinski definition) is 3. The molecule has 0 N–H and O–H groups in total. The smallest absolute Gasteiger partial charge is 0.312 e. The maximum Gasteiger partial charge on any atom is 0.312 e. The molecule has 0 radical (unpaired) electrons. The van der Waals surface area contributed by atoms with Crippen LogP contribution >= 0.6 is 15.9 Å². The van der Waals surface area contributed by atoms with Gasteiger partial charge in [-0.05, 0) is 18.9 Å². The van der Waals surface area contributed by atoms with E-state index < -0.39 is 4.92 Å². The molecular weight excluding hydrogens is 286 g/mol. The molecular formula is C12H16BrNO3. The lowest BCUT2D eigenvalue weighted by Gasteiger charge is -2.11. The van der Waals surface area contributed by atoms with Gasteiger partial charge in [0.15, 0.2) is 5.75 Å². The summed E-state index contributed by atoms with van der Waals surface area (Å²) in [6.07, 6.45) is 2.54. The van der Waals surface area contributed by atoms with Crippen molar-refractivity contribution in [1.29, 1.82) is 0 Å². The number of nitro benzene ring substituents is 1. The number of halogens is 1. The van der Waals surface area contributed by atoms with Gasteiger partial charge in [-0.3, -0.25) is 10.1 Å². The monoisotopic (exact) mass is 301 g/mol. The molecule has 0 aliphatic heterocycles. The zero-order valence-corrected chi connectivity index (χ0v) is 11.6. The van der Waals surface area contributed by atoms with E-state index in [9.17, 15) is 10.1 Å². The molecule has 0 aliphatic rings. The molecule has 0 saturated heterocycles. The van der Waals surface area contributed by atoms with Crippen LogP contribution in [-0.4, -0.2) is 11.5 Å². The van der Waals surface area contributed by atoms with Gasteiger partial charge in [0.1, 0.15) is 0 Å². The van der Waals surface area contributed by atoms with Crippen molar-refractivity contribution in [3.8, 4) is 5.75 Å². The first-order chi connectivity index (χ1) is 8.10. The Hall–Kier alpha value is -1.10. The lowest BCUT2D eigenvalue weighted by molar-refractivity contribution is -0.386. The molecule has 0 saturated carbocycles. The molecule has 5 heteroatoms. The predicted molar refractivity (Wildman–Crippen MR) is 70.6 cm³/mol. The minimum atomic E-state index is -0.394. The Balaban J connectivity index is 3.20. The van der Waals surface area contributed by atoms with Gasteiger partial charge in [-0.1, -0.05) is 36.2 Å². The fourth-order valence-corrected chi connectivity index (χ4v) is 2.09. The number of rotatable bonds is 6. The maximum atomic E-state index is 11.0. The van der Waals surface area contributed by atoms with Crippen LogP contribution in [0.25, 0.3) is 0 Å². The summed E-state index contributed by atoms with van der Waals surface area (Å²) >= 11 is 3.29. The molecule has 0 bridgehead atoms. The molecule has 0 amide bonds. The van der Waals surface area contributed by atoms with Crippen molar-refractivity contribution in [1.82, 2.24) is 0 Å². The summed E-state index contributed by atoms with van der Waals surface area (Å²) in [5.41, 5.74) is 0.929. The Morgan fingerprint density at radius 1 is 1.35 bits per heavy atom. The number of benzene rings is 1. The summed E-state index contributed by atoms with van der Waals surface area (Å²) < 4.78 is 6.24. The largest absolute Gasteiger partial charge is 0.487 e. The van der Waals surface area contributed by atoms with Gasteiger partial charge < -0.3 is 4.74 Å². The van der Waals surface area contributed by atoms with Gasteiger partial charge in [-0.2, -0.15) is 0 Å². The highest BCUT2D eigenvalue weighted by molar-refractivity contribution is 9.10. The van der Waals surface area contributed by atoms with Gasteiger partial charge in [0, 0.05) is 16.1 Å². The molecule has 0 heterocycles. The summed E-state index contributed by atoms with van der Waals surface area (Å²) in [5.74, 6) is 0.418. The molecule has 1 aromatic rings. The molecule has 0 spiro atoms. The van der Waals surface area contributed by atoms with Gasteiger partial charge in [0.05, 0.1) is 11.5 Å². The van der Waals surface area contributed by atoms with Crippen molar-refractivity contribution in [3.05, 3.63) is 32.3 Å². The molecule has 0 unspecified atom stereocenters. The van der Waals surface area contributed by atoms with Crippen molar-refractivity contribution < 1.29 is 9.66 Å². The highest BCUT2D eigenvalue weighted by Gasteiger charge is 2.20. The third kappa shape index (κ3) is 3.70. The van der Waals surface area contributed by atoms with E-state index in [0.29, 0.717) is 12.4 Å². The van der Waals surface area contributed by atoms with Gasteiger partial charge in [0.2, 0.25) is 0 Å². The summed E-state index contributed by atoms with van der Waals surface area (Å²) in [4.78, 5) is 10.6. The molecule has 1 aromatic carbocycles. The van der Waals surface area contributed by atoms with E-state index in [1.54, 1.807) is 0 Å². The van der Waals surface area contributed by atoms with Crippen LogP contribution < -0.4 is 4.74 Å². The first-order valence-corrected chi connectivity index (χ1v) is 6.49. The Morgan fingerprint density at radius 2 is 2.06 bits per heavy atom. The molecule has 4 nitrogen and oxygen atoms in total. The number of hydrogen-bond donors (Lipinski definition) is 0. The molecule has 17 heavy (non-hydrogen) atoms. The van der Waals surface area contributed by atoms with E-state index in [1.165, 1.54) is 6.07 Å². The van der Waals surface area contributed by atoms with Crippen molar-refractivity contribution in [2.45, 2.75) is 33.1 Å². The Morgan fingerprint density at radius 3 is 2.59 bits per heavy atom. The molecule has 0 fully saturated rings. The average molecular weight is 302 g/mol. The lowest BCUT2D eigenvalue weighted by Crippen LogP contribution is -2.03. The summed E-state index contributed by atoms with van der Waals surface area (Å²) in [7, 11) is 0. The van der Waals surface area contributed by atoms with E-state index in [-0.39, 0.29) is 5.69 Å². The third-order valence-electron chi connectivity index (χ3n) is 2.28. The van der Waals surface area contributed by atoms with E-state index in [0.717, 1.165) is 29.3 Å². The van der Waals surface area contributed by atoms with Crippen molar-refractivity contribution in [2.75, 3.05) is 6.61 Å². The topological polar surface area (TPSA) is 52.4 Å². The molecule has 1 rings (SSSR count). The average Bonchev–Trinajstić information content (AvgIpc) is 2.27. The third-order valence-corrected chi connectivity index (χ3v) is 2.74. The van der Waals surface area contributed by atoms with E-state index in [1.807, 2.05) is 19.9 Å². The van der Waals surface area contributed by atoms with Crippen LogP contribution in [0.5, 0.6) is 5.75 Å². The number of ether oxygens (including phenoxy) is 1. The van der Waals surface area contributed by atoms with E-state index >= 15 is 0 Å². The fraction of sp³-hybridized carbons (Fsp3) is 0.500. The number of aryl methyl sites for hydroxylation is 1. The first kappa shape index (κ1) is 14.0. The minimum absolute atomic E-state index is 0.0382. The summed E-state index contributed by atoms with van der Waals surface area (Å²) in [6, 6.07) is 3.38. The second-order valence-electron chi connectivity index (χ2n) is 3.77. The number of nitro groups is 1. The fourth-order valence-electron chi connectivity index (χ4n) is 1.60. The van der Waals surface area contributed by atoms with Crippen LogP contribution in [0.3, 0.4) is 0 Å². The highest BCUT2D eigenvalue weighted by Crippen LogP contribution is 2.35. The quantitative estimate of drug-likeness (QED) is 0.587. The maximum absolute atomic E-state index is 11.0. The van der Waals surface area contributed by atoms with Crippen molar-refractivity contribution >= 4 is 21.6 Å². The molecule has 0 aliphatic carbocycles. The van der Waals surface area contributed by atoms with Crippen LogP contribution in [0.1, 0.15) is 32.3 Å². The second-order valence-corrected chi connectivity index (χ2v) is 4.68. The van der Waals surface area contributed by atoms with Crippen LogP contribution in [0.15, 0.2) is 16.6 Å². The molecule has 0 aromatic heterocycles. The first-order valence-electron chi connectivity index (χ1n) is 5.69. The summed E-state index contributed by atoms with van der Waals surface area (Å²) in [5, 5.41) is 11.0. The predicted octanol–water partition coefficient (Wildman–Crippen LogP) is 4.10. The van der Waals surface area contributed by atoms with Gasteiger partial charge in [-0.15, -0.1) is 0 Å². The number of nitrogens with zero attached hydrogens (tertiary/aromatic N) is 1. The van der Waals surface area contributed by atoms with Crippen LogP contribution in [0.2, 0.25) is 0 Å². The van der Waals surface area contributed by atoms with Crippen molar-refractivity contribution in [3.63, 3.8) is 0 Å². The van der Waals surface area contributed by atoms with E-state index in [2.05, 4.69) is 15.9 Å². The van der Waals surface area contributed by atoms with Crippen LogP contribution in [0, 0.1) is 10.1 Å². The zero-order chi connectivity index (χ0) is 12.8.